The van der Waals surface area contributed by atoms with Crippen molar-refractivity contribution in [1.29, 1.82) is 0 Å². The molecule has 7 heteroatoms. The molecule has 0 aliphatic heterocycles. The summed E-state index contributed by atoms with van der Waals surface area (Å²) >= 11 is 1.68. The zero-order chi connectivity index (χ0) is 20.8. The highest BCUT2D eigenvalue weighted by atomic mass is 35.5. The summed E-state index contributed by atoms with van der Waals surface area (Å²) in [5.74, 6) is -0.318. The number of quaternary nitrogens is 1. The van der Waals surface area contributed by atoms with Gasteiger partial charge in [-0.2, -0.15) is 0 Å². The number of halogens is 1. The molecule has 0 spiro atoms. The first-order valence-electron chi connectivity index (χ1n) is 10.7. The number of thiophene rings is 1. The van der Waals surface area contributed by atoms with E-state index in [2.05, 4.69) is 43.2 Å². The van der Waals surface area contributed by atoms with Crippen LogP contribution in [0.1, 0.15) is 50.9 Å². The topological polar surface area (TPSA) is 55.7 Å². The fourth-order valence-electron chi connectivity index (χ4n) is 3.73. The quantitative estimate of drug-likeness (QED) is 0.456. The monoisotopic (exact) mass is 449 g/mol. The second kappa shape index (κ2) is 11.5. The molecule has 5 nitrogen and oxygen atoms in total. The van der Waals surface area contributed by atoms with Gasteiger partial charge in [-0.3, -0.25) is 4.98 Å². The third kappa shape index (κ3) is 5.42. The van der Waals surface area contributed by atoms with Gasteiger partial charge in [0, 0.05) is 22.3 Å². The fourth-order valence-corrected chi connectivity index (χ4v) is 4.90. The average molecular weight is 450 g/mol. The third-order valence-electron chi connectivity index (χ3n) is 5.44. The second-order valence-corrected chi connectivity index (χ2v) is 8.49. The number of ether oxygens (including phenoxy) is 1. The number of aromatic nitrogens is 1. The molecule has 164 valence electrons. The molecule has 0 saturated carbocycles. The lowest BCUT2D eigenvalue weighted by Gasteiger charge is -2.20. The number of fused-ring (bicyclic) bond motifs is 3. The Balaban J connectivity index is 0.00000320. The van der Waals surface area contributed by atoms with E-state index >= 15 is 0 Å². The minimum absolute atomic E-state index is 0. The SMILES string of the molecule is CCOC(=O)c1cnc2c(sc3ccccc32)c1NC(C)CCC[NH+](CC)CC.[Cl-]. The van der Waals surface area contributed by atoms with Crippen LogP contribution in [0.2, 0.25) is 0 Å². The number of hydrogen-bond donors (Lipinski definition) is 2. The standard InChI is InChI=1S/C23H31N3O2S.ClH/c1-5-26(6-2)14-10-11-16(4)25-21-18(23(27)28-7-3)15-24-20-17-12-8-9-13-19(17)29-22(20)21;/h8-9,12-13,15-16H,5-7,10-11,14H2,1-4H3,(H,24,25);1H. The molecular weight excluding hydrogens is 418 g/mol. The van der Waals surface area contributed by atoms with Crippen LogP contribution in [0.25, 0.3) is 20.3 Å². The van der Waals surface area contributed by atoms with Crippen LogP contribution in [-0.4, -0.2) is 43.2 Å². The number of esters is 1. The van der Waals surface area contributed by atoms with Crippen LogP contribution in [0.4, 0.5) is 5.69 Å². The van der Waals surface area contributed by atoms with Crippen molar-refractivity contribution >= 4 is 43.3 Å². The van der Waals surface area contributed by atoms with E-state index in [1.165, 1.54) is 11.2 Å². The van der Waals surface area contributed by atoms with Gasteiger partial charge in [-0.25, -0.2) is 4.79 Å². The summed E-state index contributed by atoms with van der Waals surface area (Å²) in [5.41, 5.74) is 2.32. The van der Waals surface area contributed by atoms with E-state index in [1.54, 1.807) is 22.4 Å². The summed E-state index contributed by atoms with van der Waals surface area (Å²) in [6.07, 6.45) is 3.87. The van der Waals surface area contributed by atoms with Crippen molar-refractivity contribution in [3.8, 4) is 0 Å². The smallest absolute Gasteiger partial charge is 0.341 e. The van der Waals surface area contributed by atoms with E-state index in [0.717, 1.165) is 47.2 Å². The number of carbonyl (C=O) groups excluding carboxylic acids is 1. The third-order valence-corrected chi connectivity index (χ3v) is 6.62. The largest absolute Gasteiger partial charge is 1.00 e. The van der Waals surface area contributed by atoms with Gasteiger partial charge in [0.2, 0.25) is 0 Å². The molecule has 0 fully saturated rings. The molecule has 30 heavy (non-hydrogen) atoms. The number of nitrogens with one attached hydrogen (secondary N) is 2. The molecular formula is C23H32ClN3O2S. The number of benzene rings is 1. The average Bonchev–Trinajstić information content (AvgIpc) is 3.11. The van der Waals surface area contributed by atoms with Crippen molar-refractivity contribution in [1.82, 2.24) is 4.98 Å². The summed E-state index contributed by atoms with van der Waals surface area (Å²) in [6, 6.07) is 8.52. The van der Waals surface area contributed by atoms with Crippen molar-refractivity contribution in [2.75, 3.05) is 31.6 Å². The van der Waals surface area contributed by atoms with Crippen molar-refractivity contribution < 1.29 is 26.8 Å². The van der Waals surface area contributed by atoms with Gasteiger partial charge < -0.3 is 27.4 Å². The van der Waals surface area contributed by atoms with Crippen molar-refractivity contribution in [3.05, 3.63) is 36.0 Å². The first kappa shape index (κ1) is 24.4. The maximum atomic E-state index is 12.6. The van der Waals surface area contributed by atoms with Crippen LogP contribution in [0.15, 0.2) is 30.5 Å². The second-order valence-electron chi connectivity index (χ2n) is 7.44. The van der Waals surface area contributed by atoms with Crippen LogP contribution in [-0.2, 0) is 4.74 Å². The molecule has 3 aromatic rings. The molecule has 0 radical (unpaired) electrons. The van der Waals surface area contributed by atoms with Gasteiger partial charge >= 0.3 is 5.97 Å². The number of pyridine rings is 1. The molecule has 2 N–H and O–H groups in total. The lowest BCUT2D eigenvalue weighted by Crippen LogP contribution is -3.11. The summed E-state index contributed by atoms with van der Waals surface area (Å²) in [4.78, 5) is 18.8. The molecule has 0 bridgehead atoms. The van der Waals surface area contributed by atoms with Gasteiger partial charge in [0.25, 0.3) is 0 Å². The zero-order valence-corrected chi connectivity index (χ0v) is 19.8. The predicted octanol–water partition coefficient (Wildman–Crippen LogP) is 1.14. The van der Waals surface area contributed by atoms with E-state index in [4.69, 9.17) is 4.74 Å². The lowest BCUT2D eigenvalue weighted by atomic mass is 10.1. The Hall–Kier alpha value is -1.89. The van der Waals surface area contributed by atoms with Crippen LogP contribution in [0.3, 0.4) is 0 Å². The van der Waals surface area contributed by atoms with E-state index in [0.29, 0.717) is 12.2 Å². The first-order valence-corrected chi connectivity index (χ1v) is 11.5. The van der Waals surface area contributed by atoms with Gasteiger partial charge in [-0.1, -0.05) is 18.2 Å². The number of hydrogen-bond acceptors (Lipinski definition) is 5. The summed E-state index contributed by atoms with van der Waals surface area (Å²) < 4.78 is 7.50. The normalized spacial score (nSPS) is 12.2. The van der Waals surface area contributed by atoms with Gasteiger partial charge in [0.15, 0.2) is 0 Å². The Morgan fingerprint density at radius 2 is 1.97 bits per heavy atom. The molecule has 2 heterocycles. The highest BCUT2D eigenvalue weighted by Crippen LogP contribution is 2.39. The van der Waals surface area contributed by atoms with Gasteiger partial charge in [-0.15, -0.1) is 11.3 Å². The molecule has 0 amide bonds. The molecule has 3 rings (SSSR count). The highest BCUT2D eigenvalue weighted by molar-refractivity contribution is 7.26. The van der Waals surface area contributed by atoms with E-state index < -0.39 is 0 Å². The van der Waals surface area contributed by atoms with Crippen molar-refractivity contribution in [3.63, 3.8) is 0 Å². The molecule has 1 atom stereocenters. The van der Waals surface area contributed by atoms with Crippen LogP contribution >= 0.6 is 11.3 Å². The fraction of sp³-hybridized carbons (Fsp3) is 0.478. The lowest BCUT2D eigenvalue weighted by molar-refractivity contribution is -0.896. The van der Waals surface area contributed by atoms with Crippen LogP contribution in [0, 0.1) is 0 Å². The van der Waals surface area contributed by atoms with E-state index in [9.17, 15) is 4.79 Å². The van der Waals surface area contributed by atoms with Gasteiger partial charge in [-0.05, 0) is 46.6 Å². The highest BCUT2D eigenvalue weighted by Gasteiger charge is 2.21. The Labute approximate surface area is 189 Å². The predicted molar refractivity (Wildman–Crippen MR) is 122 cm³/mol. The first-order chi connectivity index (χ1) is 14.1. The zero-order valence-electron chi connectivity index (χ0n) is 18.3. The molecule has 2 aromatic heterocycles. The van der Waals surface area contributed by atoms with E-state index in [1.807, 2.05) is 19.1 Å². The molecule has 1 unspecified atom stereocenters. The Morgan fingerprint density at radius 3 is 2.67 bits per heavy atom. The summed E-state index contributed by atoms with van der Waals surface area (Å²) in [6.45, 7) is 12.3. The summed E-state index contributed by atoms with van der Waals surface area (Å²) in [5, 5.41) is 4.75. The minimum atomic E-state index is -0.318. The maximum Gasteiger partial charge on any atom is 0.341 e. The number of anilines is 1. The summed E-state index contributed by atoms with van der Waals surface area (Å²) in [7, 11) is 0. The number of rotatable bonds is 10. The Morgan fingerprint density at radius 1 is 1.23 bits per heavy atom. The Bertz CT molecular complexity index is 972. The van der Waals surface area contributed by atoms with Crippen molar-refractivity contribution in [2.45, 2.75) is 46.6 Å². The number of nitrogens with zero attached hydrogens (tertiary/aromatic N) is 1. The molecule has 0 aliphatic carbocycles. The maximum absolute atomic E-state index is 12.6. The molecule has 0 saturated heterocycles. The molecule has 1 aromatic carbocycles. The van der Waals surface area contributed by atoms with Crippen molar-refractivity contribution in [2.24, 2.45) is 0 Å². The van der Waals surface area contributed by atoms with Gasteiger partial charge in [0.05, 0.1) is 42.1 Å². The Kier molecular flexibility index (Phi) is 9.34. The number of carbonyl (C=O) groups is 1. The van der Waals surface area contributed by atoms with Crippen LogP contribution < -0.4 is 22.6 Å². The molecule has 0 aliphatic rings. The van der Waals surface area contributed by atoms with E-state index in [-0.39, 0.29) is 24.4 Å². The van der Waals surface area contributed by atoms with Gasteiger partial charge in [0.1, 0.15) is 5.56 Å². The minimum Gasteiger partial charge on any atom is -1.00 e. The van der Waals surface area contributed by atoms with Crippen LogP contribution in [0.5, 0.6) is 0 Å².